The number of hydrogen-bond donors (Lipinski definition) is 1. The van der Waals surface area contributed by atoms with Crippen LogP contribution >= 0.6 is 11.3 Å². The first kappa shape index (κ1) is 14.4. The lowest BCUT2D eigenvalue weighted by Gasteiger charge is -2.07. The van der Waals surface area contributed by atoms with E-state index in [0.717, 1.165) is 16.6 Å². The van der Waals surface area contributed by atoms with Crippen molar-refractivity contribution in [3.05, 3.63) is 65.9 Å². The summed E-state index contributed by atoms with van der Waals surface area (Å²) in [5.74, 6) is -0.256. The van der Waals surface area contributed by atoms with Crippen LogP contribution < -0.4 is 5.32 Å². The van der Waals surface area contributed by atoms with Crippen LogP contribution in [0.4, 0.5) is 5.13 Å². The predicted octanol–water partition coefficient (Wildman–Crippen LogP) is 3.40. The highest BCUT2D eigenvalue weighted by molar-refractivity contribution is 7.13. The van der Waals surface area contributed by atoms with E-state index in [4.69, 9.17) is 0 Å². The van der Waals surface area contributed by atoms with Gasteiger partial charge in [-0.05, 0) is 24.3 Å². The van der Waals surface area contributed by atoms with Crippen molar-refractivity contribution in [3.8, 4) is 11.3 Å². The summed E-state index contributed by atoms with van der Waals surface area (Å²) >= 11 is 1.27. The van der Waals surface area contributed by atoms with Crippen LogP contribution in [0, 0.1) is 0 Å². The van der Waals surface area contributed by atoms with Gasteiger partial charge >= 0.3 is 0 Å². The normalized spacial score (nSPS) is 10.7. The molecule has 6 nitrogen and oxygen atoms in total. The maximum atomic E-state index is 12.5. The lowest BCUT2D eigenvalue weighted by molar-refractivity contribution is 0.102. The van der Waals surface area contributed by atoms with E-state index in [1.54, 1.807) is 24.0 Å². The first-order chi connectivity index (χ1) is 11.8. The summed E-state index contributed by atoms with van der Waals surface area (Å²) in [5.41, 5.74) is 4.37. The number of carbonyl (C=O) groups excluding carboxylic acids is 1. The highest BCUT2D eigenvalue weighted by atomic mass is 32.1. The minimum absolute atomic E-state index is 0.256. The number of amides is 1. The zero-order valence-corrected chi connectivity index (χ0v) is 13.2. The maximum absolute atomic E-state index is 12.5. The van der Waals surface area contributed by atoms with Crippen molar-refractivity contribution < 1.29 is 4.79 Å². The molecule has 4 aromatic rings. The van der Waals surface area contributed by atoms with E-state index in [-0.39, 0.29) is 5.91 Å². The average molecular weight is 333 g/mol. The second kappa shape index (κ2) is 6.13. The summed E-state index contributed by atoms with van der Waals surface area (Å²) in [5, 5.41) is 11.6. The first-order valence-corrected chi connectivity index (χ1v) is 8.07. The third-order valence-electron chi connectivity index (χ3n) is 3.50. The van der Waals surface area contributed by atoms with Crippen LogP contribution in [0.2, 0.25) is 0 Å². The van der Waals surface area contributed by atoms with Gasteiger partial charge in [-0.2, -0.15) is 0 Å². The SMILES string of the molecule is O=C(Nc1nncs1)c1cccc2ccc(-c3cccnc3)nc12. The van der Waals surface area contributed by atoms with Gasteiger partial charge in [0.05, 0.1) is 16.8 Å². The molecule has 0 saturated carbocycles. The van der Waals surface area contributed by atoms with Gasteiger partial charge in [0.15, 0.2) is 0 Å². The number of nitrogens with zero attached hydrogens (tertiary/aromatic N) is 4. The van der Waals surface area contributed by atoms with Crippen molar-refractivity contribution in [1.82, 2.24) is 20.2 Å². The van der Waals surface area contributed by atoms with Crippen LogP contribution in [0.3, 0.4) is 0 Å². The molecule has 7 heteroatoms. The Morgan fingerprint density at radius 3 is 2.83 bits per heavy atom. The van der Waals surface area contributed by atoms with Crippen LogP contribution in [0.25, 0.3) is 22.2 Å². The molecule has 116 valence electrons. The fourth-order valence-corrected chi connectivity index (χ4v) is 2.84. The third-order valence-corrected chi connectivity index (χ3v) is 4.11. The fourth-order valence-electron chi connectivity index (χ4n) is 2.40. The zero-order chi connectivity index (χ0) is 16.4. The number of carbonyl (C=O) groups is 1. The van der Waals surface area contributed by atoms with Gasteiger partial charge in [0.2, 0.25) is 5.13 Å². The molecule has 0 bridgehead atoms. The number of para-hydroxylation sites is 1. The van der Waals surface area contributed by atoms with Gasteiger partial charge in [-0.3, -0.25) is 15.1 Å². The Morgan fingerprint density at radius 2 is 2.04 bits per heavy atom. The highest BCUT2D eigenvalue weighted by Gasteiger charge is 2.13. The summed E-state index contributed by atoms with van der Waals surface area (Å²) in [6, 6.07) is 13.2. The Balaban J connectivity index is 1.79. The second-order valence-electron chi connectivity index (χ2n) is 5.01. The van der Waals surface area contributed by atoms with Gasteiger partial charge in [-0.15, -0.1) is 10.2 Å². The summed E-state index contributed by atoms with van der Waals surface area (Å²) in [6.45, 7) is 0. The Labute approximate surface area is 141 Å². The molecule has 1 N–H and O–H groups in total. The molecule has 1 amide bonds. The van der Waals surface area contributed by atoms with Gasteiger partial charge in [-0.25, -0.2) is 4.98 Å². The van der Waals surface area contributed by atoms with Crippen LogP contribution in [-0.4, -0.2) is 26.1 Å². The number of pyridine rings is 2. The van der Waals surface area contributed by atoms with Crippen LogP contribution in [0.15, 0.2) is 60.4 Å². The average Bonchev–Trinajstić information content (AvgIpc) is 3.14. The highest BCUT2D eigenvalue weighted by Crippen LogP contribution is 2.23. The van der Waals surface area contributed by atoms with Gasteiger partial charge in [-0.1, -0.05) is 29.5 Å². The molecule has 3 heterocycles. The summed E-state index contributed by atoms with van der Waals surface area (Å²) < 4.78 is 0. The number of nitrogens with one attached hydrogen (secondary N) is 1. The molecule has 0 fully saturated rings. The number of aromatic nitrogens is 4. The molecule has 0 unspecified atom stereocenters. The summed E-state index contributed by atoms with van der Waals surface area (Å²) in [7, 11) is 0. The molecule has 4 rings (SSSR count). The van der Waals surface area contributed by atoms with Crippen molar-refractivity contribution >= 4 is 33.3 Å². The molecular formula is C17H11N5OS. The van der Waals surface area contributed by atoms with Crippen LogP contribution in [0.5, 0.6) is 0 Å². The molecule has 0 aliphatic carbocycles. The molecule has 0 spiro atoms. The summed E-state index contributed by atoms with van der Waals surface area (Å²) in [4.78, 5) is 21.3. The van der Waals surface area contributed by atoms with E-state index in [9.17, 15) is 4.79 Å². The number of benzene rings is 1. The number of fused-ring (bicyclic) bond motifs is 1. The Kier molecular flexibility index (Phi) is 3.68. The topological polar surface area (TPSA) is 80.7 Å². The van der Waals surface area contributed by atoms with Crippen molar-refractivity contribution in [1.29, 1.82) is 0 Å². The van der Waals surface area contributed by atoms with Gasteiger partial charge in [0.25, 0.3) is 5.91 Å². The Bertz CT molecular complexity index is 1000. The fraction of sp³-hybridized carbons (Fsp3) is 0. The maximum Gasteiger partial charge on any atom is 0.259 e. The molecule has 0 aliphatic heterocycles. The number of rotatable bonds is 3. The van der Waals surface area contributed by atoms with E-state index in [2.05, 4.69) is 25.5 Å². The largest absolute Gasteiger partial charge is 0.296 e. The smallest absolute Gasteiger partial charge is 0.259 e. The molecule has 0 atom stereocenters. The molecular weight excluding hydrogens is 322 g/mol. The molecule has 24 heavy (non-hydrogen) atoms. The standard InChI is InChI=1S/C17H11N5OS/c23-16(21-17-22-19-10-24-17)13-5-1-3-11-6-7-14(20-15(11)13)12-4-2-8-18-9-12/h1-10H,(H,21,22,23). The lowest BCUT2D eigenvalue weighted by atomic mass is 10.1. The lowest BCUT2D eigenvalue weighted by Crippen LogP contribution is -2.12. The minimum Gasteiger partial charge on any atom is -0.296 e. The zero-order valence-electron chi connectivity index (χ0n) is 12.4. The molecule has 1 aromatic carbocycles. The van der Waals surface area contributed by atoms with Gasteiger partial charge in [0, 0.05) is 23.3 Å². The predicted molar refractivity (Wildman–Crippen MR) is 92.8 cm³/mol. The minimum atomic E-state index is -0.256. The third kappa shape index (κ3) is 2.72. The van der Waals surface area contributed by atoms with Crippen molar-refractivity contribution in [2.45, 2.75) is 0 Å². The monoisotopic (exact) mass is 333 g/mol. The Hall–Kier alpha value is -3.19. The van der Waals surface area contributed by atoms with E-state index >= 15 is 0 Å². The van der Waals surface area contributed by atoms with E-state index < -0.39 is 0 Å². The van der Waals surface area contributed by atoms with E-state index in [0.29, 0.717) is 16.2 Å². The quantitative estimate of drug-likeness (QED) is 0.621. The van der Waals surface area contributed by atoms with Crippen LogP contribution in [-0.2, 0) is 0 Å². The summed E-state index contributed by atoms with van der Waals surface area (Å²) in [6.07, 6.45) is 3.46. The first-order valence-electron chi connectivity index (χ1n) is 7.19. The van der Waals surface area contributed by atoms with Crippen molar-refractivity contribution in [2.24, 2.45) is 0 Å². The molecule has 3 aromatic heterocycles. The van der Waals surface area contributed by atoms with Crippen molar-refractivity contribution in [3.63, 3.8) is 0 Å². The molecule has 0 aliphatic rings. The second-order valence-corrected chi connectivity index (χ2v) is 5.85. The Morgan fingerprint density at radius 1 is 1.08 bits per heavy atom. The number of hydrogen-bond acceptors (Lipinski definition) is 6. The van der Waals surface area contributed by atoms with Gasteiger partial charge < -0.3 is 0 Å². The van der Waals surface area contributed by atoms with E-state index in [1.165, 1.54) is 11.3 Å². The van der Waals surface area contributed by atoms with Crippen LogP contribution in [0.1, 0.15) is 10.4 Å². The molecule has 0 saturated heterocycles. The van der Waals surface area contributed by atoms with Crippen molar-refractivity contribution in [2.75, 3.05) is 5.32 Å². The number of anilines is 1. The molecule has 0 radical (unpaired) electrons. The van der Waals surface area contributed by atoms with E-state index in [1.807, 2.05) is 36.4 Å². The van der Waals surface area contributed by atoms with Gasteiger partial charge in [0.1, 0.15) is 5.51 Å².